The average molecular weight is 212 g/mol. The number of aromatic nitrogens is 2. The Balaban J connectivity index is 2.28. The largest absolute Gasteiger partial charge is 0.448 e. The number of amides is 1. The van der Waals surface area contributed by atoms with Crippen LogP contribution in [0, 0.1) is 0 Å². The molecule has 0 spiro atoms. The van der Waals surface area contributed by atoms with Gasteiger partial charge in [-0.2, -0.15) is 5.10 Å². The first kappa shape index (κ1) is 11.5. The molecule has 1 aromatic rings. The van der Waals surface area contributed by atoms with E-state index in [9.17, 15) is 4.79 Å². The Morgan fingerprint density at radius 3 is 3.07 bits per heavy atom. The van der Waals surface area contributed by atoms with Crippen LogP contribution in [0.15, 0.2) is 12.3 Å². The van der Waals surface area contributed by atoms with Crippen LogP contribution in [-0.4, -0.2) is 29.0 Å². The monoisotopic (exact) mass is 212 g/mol. The zero-order valence-electron chi connectivity index (χ0n) is 8.93. The van der Waals surface area contributed by atoms with Crippen LogP contribution in [0.4, 0.5) is 4.79 Å². The van der Waals surface area contributed by atoms with E-state index in [-0.39, 0.29) is 12.6 Å². The SMILES string of the molecule is CC(NCCOC(N)=O)c1ccnn1C. The summed E-state index contributed by atoms with van der Waals surface area (Å²) in [6.45, 7) is 2.86. The summed E-state index contributed by atoms with van der Waals surface area (Å²) in [4.78, 5) is 10.3. The molecule has 1 amide bonds. The fourth-order valence-corrected chi connectivity index (χ4v) is 1.34. The Bertz CT molecular complexity index is 324. The van der Waals surface area contributed by atoms with E-state index in [4.69, 9.17) is 5.73 Å². The molecule has 84 valence electrons. The van der Waals surface area contributed by atoms with Crippen molar-refractivity contribution < 1.29 is 9.53 Å². The highest BCUT2D eigenvalue weighted by Gasteiger charge is 2.07. The van der Waals surface area contributed by atoms with Gasteiger partial charge in [-0.15, -0.1) is 0 Å². The normalized spacial score (nSPS) is 12.4. The Labute approximate surface area is 88.4 Å². The molecule has 0 bridgehead atoms. The highest BCUT2D eigenvalue weighted by atomic mass is 16.5. The second-order valence-electron chi connectivity index (χ2n) is 3.22. The highest BCUT2D eigenvalue weighted by molar-refractivity contribution is 5.64. The molecule has 0 aliphatic rings. The number of hydrogen-bond acceptors (Lipinski definition) is 4. The molecule has 0 saturated heterocycles. The Kier molecular flexibility index (Phi) is 4.11. The number of ether oxygens (including phenoxy) is 1. The Morgan fingerprint density at radius 2 is 2.53 bits per heavy atom. The maximum absolute atomic E-state index is 10.3. The predicted octanol–water partition coefficient (Wildman–Crippen LogP) is 0.166. The molecule has 6 heteroatoms. The van der Waals surface area contributed by atoms with E-state index in [1.807, 2.05) is 20.0 Å². The number of nitrogens with two attached hydrogens (primary N) is 1. The topological polar surface area (TPSA) is 82.2 Å². The molecule has 0 fully saturated rings. The molecule has 0 aliphatic carbocycles. The van der Waals surface area contributed by atoms with E-state index in [1.54, 1.807) is 10.9 Å². The molecule has 0 aromatic carbocycles. The smallest absolute Gasteiger partial charge is 0.404 e. The number of hydrogen-bond donors (Lipinski definition) is 2. The van der Waals surface area contributed by atoms with Gasteiger partial charge in [0.05, 0.1) is 5.69 Å². The third-order valence-corrected chi connectivity index (χ3v) is 2.10. The van der Waals surface area contributed by atoms with Gasteiger partial charge in [0.15, 0.2) is 0 Å². The van der Waals surface area contributed by atoms with Crippen LogP contribution in [-0.2, 0) is 11.8 Å². The van der Waals surface area contributed by atoms with Crippen molar-refractivity contribution in [2.24, 2.45) is 12.8 Å². The van der Waals surface area contributed by atoms with Crippen LogP contribution in [0.25, 0.3) is 0 Å². The zero-order chi connectivity index (χ0) is 11.3. The minimum absolute atomic E-state index is 0.161. The molecule has 1 heterocycles. The van der Waals surface area contributed by atoms with Gasteiger partial charge in [0, 0.05) is 25.8 Å². The zero-order valence-corrected chi connectivity index (χ0v) is 8.93. The first-order chi connectivity index (χ1) is 7.11. The summed E-state index contributed by atoms with van der Waals surface area (Å²) in [5, 5.41) is 7.25. The van der Waals surface area contributed by atoms with Gasteiger partial charge in [0.1, 0.15) is 6.61 Å². The summed E-state index contributed by atoms with van der Waals surface area (Å²) >= 11 is 0. The number of nitrogens with zero attached hydrogens (tertiary/aromatic N) is 2. The van der Waals surface area contributed by atoms with Crippen LogP contribution >= 0.6 is 0 Å². The van der Waals surface area contributed by atoms with Crippen molar-refractivity contribution in [3.05, 3.63) is 18.0 Å². The third kappa shape index (κ3) is 3.59. The van der Waals surface area contributed by atoms with E-state index < -0.39 is 6.09 Å². The highest BCUT2D eigenvalue weighted by Crippen LogP contribution is 2.09. The van der Waals surface area contributed by atoms with Crippen LogP contribution in [0.3, 0.4) is 0 Å². The van der Waals surface area contributed by atoms with Gasteiger partial charge < -0.3 is 15.8 Å². The van der Waals surface area contributed by atoms with Crippen molar-refractivity contribution in [2.45, 2.75) is 13.0 Å². The number of primary amides is 1. The Morgan fingerprint density at radius 1 is 1.80 bits per heavy atom. The van der Waals surface area contributed by atoms with Crippen molar-refractivity contribution in [2.75, 3.05) is 13.2 Å². The predicted molar refractivity (Wildman–Crippen MR) is 55.2 cm³/mol. The molecule has 1 rings (SSSR count). The number of aryl methyl sites for hydroxylation is 1. The molecular weight excluding hydrogens is 196 g/mol. The average Bonchev–Trinajstić information content (AvgIpc) is 2.58. The maximum Gasteiger partial charge on any atom is 0.404 e. The standard InChI is InChI=1S/C9H16N4O2/c1-7(8-3-4-12-13(8)2)11-5-6-15-9(10)14/h3-4,7,11H,5-6H2,1-2H3,(H2,10,14). The minimum Gasteiger partial charge on any atom is -0.448 e. The Hall–Kier alpha value is -1.56. The van der Waals surface area contributed by atoms with E-state index in [0.29, 0.717) is 6.54 Å². The van der Waals surface area contributed by atoms with Gasteiger partial charge >= 0.3 is 6.09 Å². The first-order valence-corrected chi connectivity index (χ1v) is 4.74. The lowest BCUT2D eigenvalue weighted by Gasteiger charge is -2.13. The summed E-state index contributed by atoms with van der Waals surface area (Å²) in [5.41, 5.74) is 5.90. The summed E-state index contributed by atoms with van der Waals surface area (Å²) < 4.78 is 6.39. The van der Waals surface area contributed by atoms with Gasteiger partial charge in [-0.25, -0.2) is 4.79 Å². The van der Waals surface area contributed by atoms with Crippen LogP contribution in [0.1, 0.15) is 18.7 Å². The second-order valence-corrected chi connectivity index (χ2v) is 3.22. The van der Waals surface area contributed by atoms with Crippen LogP contribution < -0.4 is 11.1 Å². The van der Waals surface area contributed by atoms with E-state index in [1.165, 1.54) is 0 Å². The number of nitrogens with one attached hydrogen (secondary N) is 1. The van der Waals surface area contributed by atoms with E-state index >= 15 is 0 Å². The van der Waals surface area contributed by atoms with Gasteiger partial charge in [0.2, 0.25) is 0 Å². The fourth-order valence-electron chi connectivity index (χ4n) is 1.34. The molecule has 0 aliphatic heterocycles. The molecule has 0 radical (unpaired) electrons. The lowest BCUT2D eigenvalue weighted by Crippen LogP contribution is -2.27. The fraction of sp³-hybridized carbons (Fsp3) is 0.556. The summed E-state index contributed by atoms with van der Waals surface area (Å²) in [6.07, 6.45) is 0.998. The van der Waals surface area contributed by atoms with Crippen molar-refractivity contribution in [3.8, 4) is 0 Å². The molecule has 1 atom stereocenters. The summed E-state index contributed by atoms with van der Waals surface area (Å²) in [6, 6.07) is 2.10. The van der Waals surface area contributed by atoms with Crippen molar-refractivity contribution >= 4 is 6.09 Å². The van der Waals surface area contributed by atoms with Crippen molar-refractivity contribution in [3.63, 3.8) is 0 Å². The molecule has 6 nitrogen and oxygen atoms in total. The second kappa shape index (κ2) is 5.35. The number of carbonyl (C=O) groups excluding carboxylic acids is 1. The number of rotatable bonds is 5. The van der Waals surface area contributed by atoms with E-state index in [2.05, 4.69) is 15.2 Å². The molecule has 1 unspecified atom stereocenters. The molecule has 1 aromatic heterocycles. The summed E-state index contributed by atoms with van der Waals surface area (Å²) in [5.74, 6) is 0. The van der Waals surface area contributed by atoms with Gasteiger partial charge in [-0.3, -0.25) is 4.68 Å². The summed E-state index contributed by atoms with van der Waals surface area (Å²) in [7, 11) is 1.88. The molecule has 0 saturated carbocycles. The van der Waals surface area contributed by atoms with Gasteiger partial charge in [-0.1, -0.05) is 0 Å². The molecular formula is C9H16N4O2. The molecule has 15 heavy (non-hydrogen) atoms. The lowest BCUT2D eigenvalue weighted by molar-refractivity contribution is 0.156. The van der Waals surface area contributed by atoms with Crippen molar-refractivity contribution in [1.29, 1.82) is 0 Å². The molecule has 3 N–H and O–H groups in total. The maximum atomic E-state index is 10.3. The lowest BCUT2D eigenvalue weighted by atomic mass is 10.2. The van der Waals surface area contributed by atoms with Crippen LogP contribution in [0.2, 0.25) is 0 Å². The first-order valence-electron chi connectivity index (χ1n) is 4.74. The van der Waals surface area contributed by atoms with Gasteiger partial charge in [-0.05, 0) is 13.0 Å². The van der Waals surface area contributed by atoms with E-state index in [0.717, 1.165) is 5.69 Å². The quantitative estimate of drug-likeness (QED) is 0.681. The number of carbonyl (C=O) groups is 1. The minimum atomic E-state index is -0.745. The van der Waals surface area contributed by atoms with Crippen LogP contribution in [0.5, 0.6) is 0 Å². The van der Waals surface area contributed by atoms with Gasteiger partial charge in [0.25, 0.3) is 0 Å². The third-order valence-electron chi connectivity index (χ3n) is 2.10. The van der Waals surface area contributed by atoms with Crippen molar-refractivity contribution in [1.82, 2.24) is 15.1 Å².